The number of benzene rings is 1. The lowest BCUT2D eigenvalue weighted by atomic mass is 9.85. The molecule has 36 heavy (non-hydrogen) atoms. The molecule has 12 heteroatoms. The van der Waals surface area contributed by atoms with Gasteiger partial charge in [-0.1, -0.05) is 12.1 Å². The fourth-order valence-corrected chi connectivity index (χ4v) is 7.68. The summed E-state index contributed by atoms with van der Waals surface area (Å²) in [4.78, 5) is 11.6. The molecular formula is C24H24F3N5O2S2. The Balaban J connectivity index is 1.27. The van der Waals surface area contributed by atoms with Gasteiger partial charge in [0.25, 0.3) is 0 Å². The molecule has 0 bridgehead atoms. The first-order valence-corrected chi connectivity index (χ1v) is 13.9. The molecule has 1 saturated carbocycles. The number of halogens is 3. The highest BCUT2D eigenvalue weighted by atomic mass is 32.2. The zero-order chi connectivity index (χ0) is 25.6. The Morgan fingerprint density at radius 1 is 1.22 bits per heavy atom. The molecule has 2 fully saturated rings. The van der Waals surface area contributed by atoms with Gasteiger partial charge in [-0.05, 0) is 54.9 Å². The quantitative estimate of drug-likeness (QED) is 0.496. The zero-order valence-electron chi connectivity index (χ0n) is 19.3. The van der Waals surface area contributed by atoms with E-state index in [0.29, 0.717) is 42.0 Å². The minimum atomic E-state index is -4.28. The van der Waals surface area contributed by atoms with Gasteiger partial charge in [0.15, 0.2) is 0 Å². The lowest BCUT2D eigenvalue weighted by molar-refractivity contribution is -0.126. The van der Waals surface area contributed by atoms with Crippen molar-refractivity contribution in [1.82, 2.24) is 14.7 Å². The van der Waals surface area contributed by atoms with Crippen molar-refractivity contribution in [2.45, 2.75) is 55.6 Å². The number of alkyl halides is 3. The number of nitriles is 1. The first-order chi connectivity index (χ1) is 17.1. The average Bonchev–Trinajstić information content (AvgIpc) is 3.51. The van der Waals surface area contributed by atoms with Crippen LogP contribution in [0.25, 0.3) is 10.2 Å². The van der Waals surface area contributed by atoms with Gasteiger partial charge >= 0.3 is 6.18 Å². The molecule has 1 N–H and O–H groups in total. The number of anilines is 1. The van der Waals surface area contributed by atoms with Crippen molar-refractivity contribution in [2.75, 3.05) is 18.0 Å². The van der Waals surface area contributed by atoms with Crippen LogP contribution < -0.4 is 9.62 Å². The lowest BCUT2D eigenvalue weighted by Crippen LogP contribution is -2.34. The molecule has 3 heterocycles. The topological polar surface area (TPSA) is 99.0 Å². The summed E-state index contributed by atoms with van der Waals surface area (Å²) in [6.07, 6.45) is -0.530. The smallest absolute Gasteiger partial charge is 0.355 e. The van der Waals surface area contributed by atoms with E-state index in [0.717, 1.165) is 29.7 Å². The summed E-state index contributed by atoms with van der Waals surface area (Å²) in [5, 5.41) is 9.43. The highest BCUT2D eigenvalue weighted by Crippen LogP contribution is 2.47. The molecule has 3 aromatic rings. The first kappa shape index (κ1) is 24.9. The number of hydrogen-bond acceptors (Lipinski definition) is 7. The van der Waals surface area contributed by atoms with E-state index < -0.39 is 22.6 Å². The van der Waals surface area contributed by atoms with E-state index in [4.69, 9.17) is 5.26 Å². The Labute approximate surface area is 211 Å². The minimum Gasteiger partial charge on any atom is -0.355 e. The molecule has 7 nitrogen and oxygen atoms in total. The van der Waals surface area contributed by atoms with Crippen molar-refractivity contribution in [3.63, 3.8) is 0 Å². The molecular weight excluding hydrogens is 511 g/mol. The first-order valence-electron chi connectivity index (χ1n) is 11.6. The average molecular weight is 536 g/mol. The minimum absolute atomic E-state index is 0.0774. The third-order valence-electron chi connectivity index (χ3n) is 7.01. The van der Waals surface area contributed by atoms with Crippen LogP contribution in [0.1, 0.15) is 36.1 Å². The maximum absolute atomic E-state index is 12.9. The fourth-order valence-electron chi connectivity index (χ4n) is 5.39. The van der Waals surface area contributed by atoms with Crippen LogP contribution in [0.15, 0.2) is 41.6 Å². The second-order valence-electron chi connectivity index (χ2n) is 9.63. The van der Waals surface area contributed by atoms with E-state index in [1.807, 2.05) is 6.07 Å². The van der Waals surface area contributed by atoms with Gasteiger partial charge in [0, 0.05) is 24.0 Å². The molecule has 2 aromatic heterocycles. The molecule has 0 radical (unpaired) electrons. The van der Waals surface area contributed by atoms with Crippen LogP contribution >= 0.6 is 11.3 Å². The molecule has 1 aliphatic heterocycles. The number of rotatable bonds is 6. The number of thiophene rings is 1. The molecule has 2 unspecified atom stereocenters. The van der Waals surface area contributed by atoms with Gasteiger partial charge in [-0.2, -0.15) is 18.4 Å². The van der Waals surface area contributed by atoms with Gasteiger partial charge in [-0.3, -0.25) is 0 Å². The summed E-state index contributed by atoms with van der Waals surface area (Å²) >= 11 is 1.04. The van der Waals surface area contributed by atoms with Crippen LogP contribution in [0.2, 0.25) is 0 Å². The van der Waals surface area contributed by atoms with Crippen molar-refractivity contribution in [2.24, 2.45) is 5.41 Å². The second kappa shape index (κ2) is 9.28. The molecule has 5 rings (SSSR count). The van der Waals surface area contributed by atoms with Gasteiger partial charge in [0.1, 0.15) is 17.0 Å². The van der Waals surface area contributed by atoms with E-state index in [2.05, 4.69) is 19.6 Å². The van der Waals surface area contributed by atoms with Crippen LogP contribution in [-0.4, -0.2) is 43.7 Å². The van der Waals surface area contributed by atoms with Crippen molar-refractivity contribution < 1.29 is 21.6 Å². The molecule has 1 saturated heterocycles. The molecule has 1 aliphatic carbocycles. The summed E-state index contributed by atoms with van der Waals surface area (Å²) in [6, 6.07) is 9.73. The highest BCUT2D eigenvalue weighted by molar-refractivity contribution is 7.89. The van der Waals surface area contributed by atoms with Crippen LogP contribution in [0.5, 0.6) is 0 Å². The highest BCUT2D eigenvalue weighted by Gasteiger charge is 2.45. The summed E-state index contributed by atoms with van der Waals surface area (Å²) in [7, 11) is -3.69. The third-order valence-corrected chi connectivity index (χ3v) is 9.59. The van der Waals surface area contributed by atoms with Crippen molar-refractivity contribution >= 4 is 37.4 Å². The van der Waals surface area contributed by atoms with Crippen molar-refractivity contribution in [3.05, 3.63) is 47.1 Å². The number of nitrogens with one attached hydrogen (secondary N) is 1. The van der Waals surface area contributed by atoms with E-state index in [1.54, 1.807) is 18.2 Å². The van der Waals surface area contributed by atoms with Crippen molar-refractivity contribution in [1.29, 1.82) is 5.26 Å². The molecule has 1 aromatic carbocycles. The van der Waals surface area contributed by atoms with Gasteiger partial charge in [0.2, 0.25) is 10.0 Å². The molecule has 2 atom stereocenters. The van der Waals surface area contributed by atoms with E-state index in [1.165, 1.54) is 18.5 Å². The number of aromatic nitrogens is 2. The second-order valence-corrected chi connectivity index (χ2v) is 12.5. The Morgan fingerprint density at radius 2 is 2.00 bits per heavy atom. The van der Waals surface area contributed by atoms with E-state index in [9.17, 15) is 21.6 Å². The predicted molar refractivity (Wildman–Crippen MR) is 130 cm³/mol. The number of fused-ring (bicyclic) bond motifs is 1. The molecule has 0 amide bonds. The molecule has 2 aliphatic rings. The largest absolute Gasteiger partial charge is 0.393 e. The monoisotopic (exact) mass is 535 g/mol. The maximum Gasteiger partial charge on any atom is 0.393 e. The van der Waals surface area contributed by atoms with E-state index in [-0.39, 0.29) is 27.7 Å². The van der Waals surface area contributed by atoms with Crippen LogP contribution in [0, 0.1) is 16.7 Å². The van der Waals surface area contributed by atoms with E-state index >= 15 is 0 Å². The Bertz CT molecular complexity index is 1420. The Hall–Kier alpha value is -2.75. The lowest BCUT2D eigenvalue weighted by Gasteiger charge is -2.25. The third kappa shape index (κ3) is 5.19. The van der Waals surface area contributed by atoms with Gasteiger partial charge in [0.05, 0.1) is 29.2 Å². The SMILES string of the molecule is N#CCc1ccc(S(=O)(=O)NC2CCC3(CCN(c4ncnc5sc(CC(F)(F)F)cc45)C3)C2)cc1. The summed E-state index contributed by atoms with van der Waals surface area (Å²) < 4.78 is 67.3. The number of sulfonamides is 1. The number of hydrogen-bond donors (Lipinski definition) is 1. The standard InChI is InChI=1S/C24H24F3N5O2S2/c25-24(26,27)13-18-11-20-21(29-15-30-22(20)35-18)32-10-8-23(14-32)7-5-17(12-23)31-36(33,34)19-3-1-16(2-4-19)6-9-28/h1-4,11,15,17,31H,5-8,10,12-14H2. The Morgan fingerprint density at radius 3 is 2.72 bits per heavy atom. The van der Waals surface area contributed by atoms with Crippen LogP contribution in [0.3, 0.4) is 0 Å². The predicted octanol–water partition coefficient (Wildman–Crippen LogP) is 4.59. The summed E-state index contributed by atoms with van der Waals surface area (Å²) in [5.41, 5.74) is 0.684. The molecule has 190 valence electrons. The summed E-state index contributed by atoms with van der Waals surface area (Å²) in [5.74, 6) is 0.642. The summed E-state index contributed by atoms with van der Waals surface area (Å²) in [6.45, 7) is 1.38. The Kier molecular flexibility index (Phi) is 6.43. The van der Waals surface area contributed by atoms with Gasteiger partial charge < -0.3 is 4.90 Å². The zero-order valence-corrected chi connectivity index (χ0v) is 20.9. The van der Waals surface area contributed by atoms with Gasteiger partial charge in [-0.25, -0.2) is 23.1 Å². The normalized spacial score (nSPS) is 22.5. The fraction of sp³-hybridized carbons (Fsp3) is 0.458. The number of nitrogens with zero attached hydrogens (tertiary/aromatic N) is 4. The maximum atomic E-state index is 12.9. The van der Waals surface area contributed by atoms with Gasteiger partial charge in [-0.15, -0.1) is 11.3 Å². The van der Waals surface area contributed by atoms with Crippen molar-refractivity contribution in [3.8, 4) is 6.07 Å². The van der Waals surface area contributed by atoms with Crippen LogP contribution in [0.4, 0.5) is 19.0 Å². The molecule has 1 spiro atoms. The van der Waals surface area contributed by atoms with Crippen LogP contribution in [-0.2, 0) is 22.9 Å².